The van der Waals surface area contributed by atoms with Crippen LogP contribution in [-0.2, 0) is 6.42 Å². The van der Waals surface area contributed by atoms with E-state index in [9.17, 15) is 4.79 Å². The summed E-state index contributed by atoms with van der Waals surface area (Å²) in [5.74, 6) is 5.03. The Balaban J connectivity index is 1.85. The molecule has 108 valence electrons. The highest BCUT2D eigenvalue weighted by molar-refractivity contribution is 7.09. The average Bonchev–Trinajstić information content (AvgIpc) is 2.91. The van der Waals surface area contributed by atoms with E-state index in [2.05, 4.69) is 27.1 Å². The second-order valence-electron chi connectivity index (χ2n) is 4.26. The van der Waals surface area contributed by atoms with Crippen LogP contribution in [0.5, 0.6) is 0 Å². The summed E-state index contributed by atoms with van der Waals surface area (Å²) in [4.78, 5) is 20.3. The van der Waals surface area contributed by atoms with Gasteiger partial charge in [0.1, 0.15) is 12.3 Å². The molecule has 0 aromatic carbocycles. The van der Waals surface area contributed by atoms with Gasteiger partial charge in [0.05, 0.1) is 10.7 Å². The zero-order valence-corrected chi connectivity index (χ0v) is 12.4. The summed E-state index contributed by atoms with van der Waals surface area (Å²) in [6.07, 6.45) is 2.22. The van der Waals surface area contributed by atoms with Gasteiger partial charge in [-0.2, -0.15) is 0 Å². The summed E-state index contributed by atoms with van der Waals surface area (Å²) >= 11 is 1.60. The molecule has 0 atom stereocenters. The largest absolute Gasteiger partial charge is 0.384 e. The Kier molecular flexibility index (Phi) is 5.43. The van der Waals surface area contributed by atoms with Crippen LogP contribution in [0.15, 0.2) is 23.7 Å². The second-order valence-corrected chi connectivity index (χ2v) is 5.32. The Bertz CT molecular complexity index is 668. The molecule has 2 aromatic rings. The minimum Gasteiger partial charge on any atom is -0.384 e. The number of nitrogens with one attached hydrogen (secondary N) is 1. The van der Waals surface area contributed by atoms with E-state index in [0.29, 0.717) is 24.2 Å². The lowest BCUT2D eigenvalue weighted by Crippen LogP contribution is -2.26. The molecular formula is C15H15N3O2S. The van der Waals surface area contributed by atoms with Crippen LogP contribution >= 0.6 is 11.3 Å². The van der Waals surface area contributed by atoms with E-state index in [4.69, 9.17) is 5.11 Å². The molecule has 0 aliphatic rings. The topological polar surface area (TPSA) is 75.1 Å². The van der Waals surface area contributed by atoms with E-state index in [-0.39, 0.29) is 12.5 Å². The summed E-state index contributed by atoms with van der Waals surface area (Å²) < 4.78 is 0. The van der Waals surface area contributed by atoms with Crippen molar-refractivity contribution in [2.24, 2.45) is 0 Å². The van der Waals surface area contributed by atoms with Gasteiger partial charge in [-0.25, -0.2) is 9.97 Å². The van der Waals surface area contributed by atoms with E-state index in [0.717, 1.165) is 10.7 Å². The van der Waals surface area contributed by atoms with Gasteiger partial charge >= 0.3 is 0 Å². The van der Waals surface area contributed by atoms with Gasteiger partial charge in [0.25, 0.3) is 5.91 Å². The number of amides is 1. The van der Waals surface area contributed by atoms with Crippen molar-refractivity contribution in [1.29, 1.82) is 0 Å². The summed E-state index contributed by atoms with van der Waals surface area (Å²) in [5, 5.41) is 14.4. The molecule has 0 bridgehead atoms. The van der Waals surface area contributed by atoms with Crippen molar-refractivity contribution in [1.82, 2.24) is 15.3 Å². The van der Waals surface area contributed by atoms with Crippen molar-refractivity contribution in [2.45, 2.75) is 13.3 Å². The number of thiazole rings is 1. The van der Waals surface area contributed by atoms with Gasteiger partial charge in [0.2, 0.25) is 0 Å². The van der Waals surface area contributed by atoms with Crippen molar-refractivity contribution in [2.75, 3.05) is 13.2 Å². The fraction of sp³-hybridized carbons (Fsp3) is 0.267. The molecule has 0 saturated heterocycles. The maximum Gasteiger partial charge on any atom is 0.269 e. The summed E-state index contributed by atoms with van der Waals surface area (Å²) in [6.45, 7) is 2.28. The Morgan fingerprint density at radius 1 is 1.48 bits per heavy atom. The molecule has 0 unspecified atom stereocenters. The molecule has 0 aliphatic carbocycles. The Morgan fingerprint density at radius 3 is 2.95 bits per heavy atom. The zero-order chi connectivity index (χ0) is 15.1. The minimum atomic E-state index is -0.219. The maximum atomic E-state index is 11.9. The van der Waals surface area contributed by atoms with Crippen LogP contribution in [0.3, 0.4) is 0 Å². The third kappa shape index (κ3) is 4.67. The normalized spacial score (nSPS) is 9.81. The van der Waals surface area contributed by atoms with Crippen LogP contribution in [0.4, 0.5) is 0 Å². The van der Waals surface area contributed by atoms with Crippen LogP contribution in [0.1, 0.15) is 26.8 Å². The fourth-order valence-electron chi connectivity index (χ4n) is 1.66. The third-order valence-electron chi connectivity index (χ3n) is 2.64. The lowest BCUT2D eigenvalue weighted by atomic mass is 10.2. The van der Waals surface area contributed by atoms with Gasteiger partial charge in [-0.15, -0.1) is 11.3 Å². The molecule has 0 spiro atoms. The standard InChI is InChI=1S/C15H15N3O2S/c1-11-18-13(10-21-11)6-7-16-15(20)14-5-4-12(9-17-14)3-2-8-19/h4-5,9-10,19H,6-8H2,1H3,(H,16,20). The number of aromatic nitrogens is 2. The molecule has 2 aromatic heterocycles. The highest BCUT2D eigenvalue weighted by Gasteiger charge is 2.06. The van der Waals surface area contributed by atoms with E-state index < -0.39 is 0 Å². The highest BCUT2D eigenvalue weighted by atomic mass is 32.1. The number of pyridine rings is 1. The smallest absolute Gasteiger partial charge is 0.269 e. The first kappa shape index (κ1) is 15.2. The van der Waals surface area contributed by atoms with E-state index >= 15 is 0 Å². The highest BCUT2D eigenvalue weighted by Crippen LogP contribution is 2.07. The van der Waals surface area contributed by atoms with Crippen molar-refractivity contribution in [3.8, 4) is 11.8 Å². The summed E-state index contributed by atoms with van der Waals surface area (Å²) in [6, 6.07) is 3.32. The van der Waals surface area contributed by atoms with Crippen molar-refractivity contribution in [3.63, 3.8) is 0 Å². The van der Waals surface area contributed by atoms with E-state index in [1.165, 1.54) is 6.20 Å². The monoisotopic (exact) mass is 301 g/mol. The van der Waals surface area contributed by atoms with Gasteiger partial charge < -0.3 is 10.4 Å². The summed E-state index contributed by atoms with van der Waals surface area (Å²) in [7, 11) is 0. The Hall–Kier alpha value is -2.23. The molecule has 21 heavy (non-hydrogen) atoms. The third-order valence-corrected chi connectivity index (χ3v) is 3.46. The first-order valence-electron chi connectivity index (χ1n) is 6.44. The first-order valence-corrected chi connectivity index (χ1v) is 7.32. The number of nitrogens with zero attached hydrogens (tertiary/aromatic N) is 2. The van der Waals surface area contributed by atoms with Gasteiger partial charge in [0.15, 0.2) is 0 Å². The quantitative estimate of drug-likeness (QED) is 0.831. The number of carbonyl (C=O) groups is 1. The molecule has 6 heteroatoms. The van der Waals surface area contributed by atoms with Gasteiger partial charge in [-0.3, -0.25) is 4.79 Å². The molecule has 0 fully saturated rings. The fourth-order valence-corrected chi connectivity index (χ4v) is 2.31. The SMILES string of the molecule is Cc1nc(CCNC(=O)c2ccc(C#CCO)cn2)cs1. The molecule has 0 radical (unpaired) electrons. The van der Waals surface area contributed by atoms with Crippen molar-refractivity contribution >= 4 is 17.2 Å². The number of hydrogen-bond donors (Lipinski definition) is 2. The molecule has 2 heterocycles. The predicted octanol–water partition coefficient (Wildman–Crippen LogP) is 1.16. The van der Waals surface area contributed by atoms with Crippen LogP contribution in [0, 0.1) is 18.8 Å². The Morgan fingerprint density at radius 2 is 2.33 bits per heavy atom. The molecule has 1 amide bonds. The van der Waals surface area contributed by atoms with Crippen molar-refractivity contribution < 1.29 is 9.90 Å². The zero-order valence-electron chi connectivity index (χ0n) is 11.6. The van der Waals surface area contributed by atoms with E-state index in [1.807, 2.05) is 12.3 Å². The molecule has 2 N–H and O–H groups in total. The van der Waals surface area contributed by atoms with Crippen LogP contribution in [0.2, 0.25) is 0 Å². The van der Waals surface area contributed by atoms with Crippen molar-refractivity contribution in [3.05, 3.63) is 45.7 Å². The lowest BCUT2D eigenvalue weighted by molar-refractivity contribution is 0.0949. The van der Waals surface area contributed by atoms with Gasteiger partial charge in [0, 0.05) is 30.1 Å². The number of rotatable bonds is 4. The molecule has 2 rings (SSSR count). The van der Waals surface area contributed by atoms with Crippen LogP contribution < -0.4 is 5.32 Å². The van der Waals surface area contributed by atoms with E-state index in [1.54, 1.807) is 23.5 Å². The number of aryl methyl sites for hydroxylation is 1. The van der Waals surface area contributed by atoms with Crippen LogP contribution in [-0.4, -0.2) is 34.1 Å². The predicted molar refractivity (Wildman–Crippen MR) is 81.1 cm³/mol. The molecular weight excluding hydrogens is 286 g/mol. The maximum absolute atomic E-state index is 11.9. The number of aliphatic hydroxyl groups is 1. The number of hydrogen-bond acceptors (Lipinski definition) is 5. The van der Waals surface area contributed by atoms with Crippen LogP contribution in [0.25, 0.3) is 0 Å². The molecule has 0 aliphatic heterocycles. The molecule has 0 saturated carbocycles. The van der Waals surface area contributed by atoms with Gasteiger partial charge in [-0.05, 0) is 19.1 Å². The Labute approximate surface area is 127 Å². The molecule has 5 nitrogen and oxygen atoms in total. The minimum absolute atomic E-state index is 0.196. The second kappa shape index (κ2) is 7.53. The lowest BCUT2D eigenvalue weighted by Gasteiger charge is -2.03. The van der Waals surface area contributed by atoms with Gasteiger partial charge in [-0.1, -0.05) is 11.8 Å². The first-order chi connectivity index (χ1) is 10.2. The average molecular weight is 301 g/mol. The number of carbonyl (C=O) groups excluding carboxylic acids is 1. The summed E-state index contributed by atoms with van der Waals surface area (Å²) in [5.41, 5.74) is 2.00. The number of aliphatic hydroxyl groups excluding tert-OH is 1.